The van der Waals surface area contributed by atoms with Crippen LogP contribution < -0.4 is 5.32 Å². The van der Waals surface area contributed by atoms with Gasteiger partial charge in [0.15, 0.2) is 18.2 Å². The van der Waals surface area contributed by atoms with Gasteiger partial charge in [-0.25, -0.2) is 8.42 Å². The van der Waals surface area contributed by atoms with Crippen molar-refractivity contribution in [1.29, 1.82) is 0 Å². The van der Waals surface area contributed by atoms with Gasteiger partial charge in [0.25, 0.3) is 5.91 Å². The largest absolute Gasteiger partial charge is 0.432 e. The van der Waals surface area contributed by atoms with Gasteiger partial charge in [-0.3, -0.25) is 9.48 Å². The van der Waals surface area contributed by atoms with E-state index < -0.39 is 18.2 Å². The Labute approximate surface area is 232 Å². The minimum Gasteiger partial charge on any atom is -0.432 e. The summed E-state index contributed by atoms with van der Waals surface area (Å²) in [4.78, 5) is 24.3. The Kier molecular flexibility index (Phi) is 10.1. The summed E-state index contributed by atoms with van der Waals surface area (Å²) in [6.07, 6.45) is 4.60. The first-order valence-electron chi connectivity index (χ1n) is 13.1. The molecule has 1 saturated heterocycles. The fourth-order valence-corrected chi connectivity index (χ4v) is 7.34. The average molecular weight is 580 g/mol. The van der Waals surface area contributed by atoms with Crippen LogP contribution in [0, 0.1) is 6.92 Å². The first-order valence-corrected chi connectivity index (χ1v) is 18.5. The third-order valence-corrected chi connectivity index (χ3v) is 13.9. The Bertz CT molecular complexity index is 1260. The van der Waals surface area contributed by atoms with Gasteiger partial charge in [-0.15, -0.1) is 0 Å². The number of aryl methyl sites for hydroxylation is 1. The molecule has 0 spiro atoms. The van der Waals surface area contributed by atoms with E-state index in [1.54, 1.807) is 24.3 Å². The third-order valence-electron chi connectivity index (χ3n) is 7.38. The van der Waals surface area contributed by atoms with E-state index in [0.29, 0.717) is 36.6 Å². The van der Waals surface area contributed by atoms with Crippen molar-refractivity contribution in [3.05, 3.63) is 47.0 Å². The monoisotopic (exact) mass is 579 g/mol. The van der Waals surface area contributed by atoms with E-state index in [-0.39, 0.29) is 27.6 Å². The lowest BCUT2D eigenvalue weighted by molar-refractivity contribution is -0.112. The number of aromatic nitrogens is 2. The number of rotatable bonds is 11. The van der Waals surface area contributed by atoms with Crippen LogP contribution in [0.1, 0.15) is 58.2 Å². The van der Waals surface area contributed by atoms with Crippen LogP contribution in [0.4, 0.5) is 5.69 Å². The Hall–Kier alpha value is -1.92. The molecule has 1 fully saturated rings. The van der Waals surface area contributed by atoms with E-state index in [1.807, 2.05) is 51.5 Å². The van der Waals surface area contributed by atoms with Crippen LogP contribution in [0.15, 0.2) is 51.2 Å². The zero-order valence-electron chi connectivity index (χ0n) is 23.3. The van der Waals surface area contributed by atoms with Crippen LogP contribution in [0.25, 0.3) is 0 Å². The molecule has 0 unspecified atom stereocenters. The smallest absolute Gasteiger partial charge is 0.262 e. The summed E-state index contributed by atoms with van der Waals surface area (Å²) < 4.78 is 33.5. The molecular formula is C27H41N3O5S2Si. The SMILES string of the molecule is C/C=C(\Sc1cc(C)nn1C1CCOCC1)C(=O)Nc1cccc(S(=O)(=O)CCCC(C)(C)[Si](C)(C)O)c1. The molecule has 1 aliphatic heterocycles. The number of nitrogens with zero attached hydrogens (tertiary/aromatic N) is 2. The van der Waals surface area contributed by atoms with Gasteiger partial charge in [-0.05, 0) is 81.9 Å². The molecule has 2 aromatic rings. The molecule has 210 valence electrons. The molecule has 0 bridgehead atoms. The van der Waals surface area contributed by atoms with E-state index in [2.05, 4.69) is 10.4 Å². The number of carbonyl (C=O) groups is 1. The Balaban J connectivity index is 1.68. The maximum absolute atomic E-state index is 13.2. The zero-order valence-corrected chi connectivity index (χ0v) is 25.9. The molecule has 1 aromatic heterocycles. The second-order valence-corrected chi connectivity index (χ2v) is 18.7. The van der Waals surface area contributed by atoms with Gasteiger partial charge >= 0.3 is 0 Å². The summed E-state index contributed by atoms with van der Waals surface area (Å²) in [7, 11) is -5.94. The number of benzene rings is 1. The second kappa shape index (κ2) is 12.5. The standard InChI is InChI=1S/C27H41N3O5S2Si/c1-7-24(36-25-18-20(2)29-30(25)22-12-15-35-16-13-22)26(31)28-21-10-8-11-23(19-21)37(32,33)17-9-14-27(3,4)38(5,6)34/h7-8,10-11,18-19,22,34H,9,12-17H2,1-6H3,(H,28,31)/b24-7-. The summed E-state index contributed by atoms with van der Waals surface area (Å²) in [6.45, 7) is 12.9. The van der Waals surface area contributed by atoms with E-state index in [0.717, 1.165) is 23.6 Å². The number of thioether (sulfide) groups is 1. The van der Waals surface area contributed by atoms with Crippen LogP contribution >= 0.6 is 11.8 Å². The van der Waals surface area contributed by atoms with Crippen molar-refractivity contribution < 1.29 is 22.7 Å². The number of allylic oxidation sites excluding steroid dienone is 1. The normalized spacial score (nSPS) is 16.0. The Morgan fingerprint density at radius 3 is 2.61 bits per heavy atom. The highest BCUT2D eigenvalue weighted by atomic mass is 32.2. The number of anilines is 1. The van der Waals surface area contributed by atoms with Crippen LogP contribution in [0.5, 0.6) is 0 Å². The van der Waals surface area contributed by atoms with Gasteiger partial charge in [0.05, 0.1) is 32.3 Å². The molecule has 0 atom stereocenters. The third kappa shape index (κ3) is 7.81. The van der Waals surface area contributed by atoms with Gasteiger partial charge in [-0.2, -0.15) is 5.10 Å². The van der Waals surface area contributed by atoms with Gasteiger partial charge in [0.2, 0.25) is 0 Å². The van der Waals surface area contributed by atoms with Crippen molar-refractivity contribution in [2.24, 2.45) is 0 Å². The molecule has 38 heavy (non-hydrogen) atoms. The van der Waals surface area contributed by atoms with E-state index in [4.69, 9.17) is 4.74 Å². The molecule has 0 saturated carbocycles. The highest BCUT2D eigenvalue weighted by Gasteiger charge is 2.37. The summed E-state index contributed by atoms with van der Waals surface area (Å²) in [5, 5.41) is 8.14. The lowest BCUT2D eigenvalue weighted by Crippen LogP contribution is -2.39. The zero-order chi connectivity index (χ0) is 28.1. The predicted octanol–water partition coefficient (Wildman–Crippen LogP) is 5.71. The average Bonchev–Trinajstić information content (AvgIpc) is 3.22. The van der Waals surface area contributed by atoms with Gasteiger partial charge in [0, 0.05) is 18.9 Å². The van der Waals surface area contributed by atoms with Crippen molar-refractivity contribution in [1.82, 2.24) is 9.78 Å². The first-order chi connectivity index (χ1) is 17.7. The topological polar surface area (TPSA) is 111 Å². The lowest BCUT2D eigenvalue weighted by Gasteiger charge is -2.35. The maximum Gasteiger partial charge on any atom is 0.262 e. The van der Waals surface area contributed by atoms with Gasteiger partial charge in [-0.1, -0.05) is 37.8 Å². The number of hydrogen-bond donors (Lipinski definition) is 2. The van der Waals surface area contributed by atoms with Crippen molar-refractivity contribution >= 4 is 41.5 Å². The fraction of sp³-hybridized carbons (Fsp3) is 0.556. The second-order valence-electron chi connectivity index (χ2n) is 11.0. The number of carbonyl (C=O) groups excluding carboxylic acids is 1. The van der Waals surface area contributed by atoms with E-state index in [9.17, 15) is 18.0 Å². The van der Waals surface area contributed by atoms with Crippen molar-refractivity contribution in [3.8, 4) is 0 Å². The van der Waals surface area contributed by atoms with E-state index in [1.165, 1.54) is 17.8 Å². The summed E-state index contributed by atoms with van der Waals surface area (Å²) in [6, 6.07) is 8.61. The number of ether oxygens (including phenoxy) is 1. The van der Waals surface area contributed by atoms with Gasteiger partial charge in [0.1, 0.15) is 0 Å². The first kappa shape index (κ1) is 30.6. The number of amides is 1. The van der Waals surface area contributed by atoms with Crippen molar-refractivity contribution in [3.63, 3.8) is 0 Å². The summed E-state index contributed by atoms with van der Waals surface area (Å²) in [5.74, 6) is -0.314. The van der Waals surface area contributed by atoms with Crippen molar-refractivity contribution in [2.45, 2.75) is 87.5 Å². The molecule has 1 amide bonds. The molecule has 2 heterocycles. The van der Waals surface area contributed by atoms with Crippen LogP contribution in [-0.4, -0.2) is 56.2 Å². The van der Waals surface area contributed by atoms with Crippen molar-refractivity contribution in [2.75, 3.05) is 24.3 Å². The molecule has 3 rings (SSSR count). The Morgan fingerprint density at radius 2 is 1.97 bits per heavy atom. The lowest BCUT2D eigenvalue weighted by atomic mass is 10.1. The molecular weight excluding hydrogens is 539 g/mol. The van der Waals surface area contributed by atoms with Crippen LogP contribution in [0.3, 0.4) is 0 Å². The van der Waals surface area contributed by atoms with E-state index >= 15 is 0 Å². The number of sulfone groups is 1. The molecule has 11 heteroatoms. The fourth-order valence-electron chi connectivity index (χ4n) is 4.20. The molecule has 1 aliphatic rings. The van der Waals surface area contributed by atoms with Crippen LogP contribution in [-0.2, 0) is 19.4 Å². The van der Waals surface area contributed by atoms with Crippen LogP contribution in [0.2, 0.25) is 18.1 Å². The molecule has 0 radical (unpaired) electrons. The quantitative estimate of drug-likeness (QED) is 0.199. The molecule has 2 N–H and O–H groups in total. The molecule has 1 aromatic carbocycles. The maximum atomic E-state index is 13.2. The molecule has 8 nitrogen and oxygen atoms in total. The number of hydrogen-bond acceptors (Lipinski definition) is 7. The minimum atomic E-state index is -3.54. The summed E-state index contributed by atoms with van der Waals surface area (Å²) in [5.41, 5.74) is 1.32. The Morgan fingerprint density at radius 1 is 1.29 bits per heavy atom. The predicted molar refractivity (Wildman–Crippen MR) is 156 cm³/mol. The minimum absolute atomic E-state index is 0.0101. The molecule has 0 aliphatic carbocycles. The highest BCUT2D eigenvalue weighted by molar-refractivity contribution is 8.04. The number of nitrogens with one attached hydrogen (secondary N) is 1. The van der Waals surface area contributed by atoms with Gasteiger partial charge < -0.3 is 14.8 Å². The highest BCUT2D eigenvalue weighted by Crippen LogP contribution is 2.40. The summed E-state index contributed by atoms with van der Waals surface area (Å²) >= 11 is 1.36.